The Morgan fingerprint density at radius 3 is 3.00 bits per heavy atom. The summed E-state index contributed by atoms with van der Waals surface area (Å²) >= 11 is 5.55. The van der Waals surface area contributed by atoms with Crippen molar-refractivity contribution in [2.45, 2.75) is 38.7 Å². The summed E-state index contributed by atoms with van der Waals surface area (Å²) in [5, 5.41) is 0. The van der Waals surface area contributed by atoms with E-state index < -0.39 is 0 Å². The number of cyclic esters (lactones) is 1. The molecule has 0 N–H and O–H groups in total. The van der Waals surface area contributed by atoms with Crippen LogP contribution in [0.1, 0.15) is 32.6 Å². The third-order valence-electron chi connectivity index (χ3n) is 2.60. The molecule has 1 heterocycles. The van der Waals surface area contributed by atoms with Crippen LogP contribution in [-0.4, -0.2) is 12.1 Å². The maximum absolute atomic E-state index is 11.0. The van der Waals surface area contributed by atoms with Gasteiger partial charge in [0.1, 0.15) is 6.10 Å². The summed E-state index contributed by atoms with van der Waals surface area (Å²) in [7, 11) is 0. The third-order valence-corrected chi connectivity index (χ3v) is 2.97. The third kappa shape index (κ3) is 6.45. The quantitative estimate of drug-likeness (QED) is 0.530. The van der Waals surface area contributed by atoms with Crippen LogP contribution in [0.4, 0.5) is 0 Å². The van der Waals surface area contributed by atoms with Gasteiger partial charge in [0, 0.05) is 18.0 Å². The first-order valence-electron chi connectivity index (χ1n) is 6.17. The van der Waals surface area contributed by atoms with E-state index >= 15 is 0 Å². The Bertz CT molecular complexity index is 378. The lowest BCUT2D eigenvalue weighted by Gasteiger charge is -2.17. The van der Waals surface area contributed by atoms with Crippen LogP contribution >= 0.6 is 11.6 Å². The molecule has 0 fully saturated rings. The van der Waals surface area contributed by atoms with E-state index in [1.54, 1.807) is 5.54 Å². The zero-order valence-corrected chi connectivity index (χ0v) is 11.4. The molecule has 0 aliphatic carbocycles. The van der Waals surface area contributed by atoms with Gasteiger partial charge in [0.2, 0.25) is 0 Å². The SMILES string of the molecule is CC(=CCl)CC=CC=CCC[C@@H]1CC=CC(=O)O1. The molecule has 1 aliphatic heterocycles. The molecular weight excluding hydrogens is 248 g/mol. The highest BCUT2D eigenvalue weighted by Gasteiger charge is 2.14. The lowest BCUT2D eigenvalue weighted by molar-refractivity contribution is -0.144. The normalized spacial score (nSPS) is 20.9. The minimum Gasteiger partial charge on any atom is -0.459 e. The van der Waals surface area contributed by atoms with Crippen molar-refractivity contribution < 1.29 is 9.53 Å². The molecule has 0 aromatic carbocycles. The molecule has 1 aliphatic rings. The van der Waals surface area contributed by atoms with Gasteiger partial charge in [-0.2, -0.15) is 0 Å². The summed E-state index contributed by atoms with van der Waals surface area (Å²) in [5.41, 5.74) is 2.74. The molecule has 0 aromatic heterocycles. The monoisotopic (exact) mass is 266 g/mol. The van der Waals surface area contributed by atoms with Gasteiger partial charge in [0.15, 0.2) is 0 Å². The van der Waals surface area contributed by atoms with Crippen molar-refractivity contribution in [3.05, 3.63) is 47.6 Å². The Kier molecular flexibility index (Phi) is 7.19. The predicted molar refractivity (Wildman–Crippen MR) is 75.4 cm³/mol. The van der Waals surface area contributed by atoms with E-state index in [4.69, 9.17) is 16.3 Å². The maximum atomic E-state index is 11.0. The van der Waals surface area contributed by atoms with Crippen LogP contribution in [0.15, 0.2) is 47.6 Å². The van der Waals surface area contributed by atoms with Crippen molar-refractivity contribution in [2.24, 2.45) is 0 Å². The number of rotatable bonds is 6. The molecule has 0 radical (unpaired) electrons. The van der Waals surface area contributed by atoms with Crippen LogP contribution in [0.5, 0.6) is 0 Å². The Morgan fingerprint density at radius 1 is 1.50 bits per heavy atom. The Morgan fingerprint density at radius 2 is 2.28 bits per heavy atom. The average molecular weight is 267 g/mol. The van der Waals surface area contributed by atoms with E-state index in [1.165, 1.54) is 6.08 Å². The summed E-state index contributed by atoms with van der Waals surface area (Å²) < 4.78 is 5.16. The van der Waals surface area contributed by atoms with Gasteiger partial charge in [-0.05, 0) is 26.2 Å². The van der Waals surface area contributed by atoms with Gasteiger partial charge in [0.25, 0.3) is 0 Å². The Balaban J connectivity index is 2.14. The van der Waals surface area contributed by atoms with E-state index in [0.717, 1.165) is 31.3 Å². The van der Waals surface area contributed by atoms with Crippen molar-refractivity contribution in [1.82, 2.24) is 0 Å². The van der Waals surface area contributed by atoms with Gasteiger partial charge < -0.3 is 4.74 Å². The molecule has 18 heavy (non-hydrogen) atoms. The fourth-order valence-electron chi connectivity index (χ4n) is 1.58. The molecule has 0 unspecified atom stereocenters. The van der Waals surface area contributed by atoms with Gasteiger partial charge in [-0.3, -0.25) is 0 Å². The minimum absolute atomic E-state index is 0.0394. The number of hydrogen-bond donors (Lipinski definition) is 0. The summed E-state index contributed by atoms with van der Waals surface area (Å²) in [6.45, 7) is 1.99. The molecule has 2 nitrogen and oxygen atoms in total. The Labute approximate surface area is 114 Å². The number of halogens is 1. The highest BCUT2D eigenvalue weighted by atomic mass is 35.5. The number of ether oxygens (including phenoxy) is 1. The molecule has 98 valence electrons. The van der Waals surface area contributed by atoms with E-state index in [9.17, 15) is 4.79 Å². The fourth-order valence-corrected chi connectivity index (χ4v) is 1.67. The smallest absolute Gasteiger partial charge is 0.330 e. The van der Waals surface area contributed by atoms with Crippen molar-refractivity contribution in [2.75, 3.05) is 0 Å². The zero-order chi connectivity index (χ0) is 13.2. The van der Waals surface area contributed by atoms with Gasteiger partial charge in [-0.15, -0.1) is 0 Å². The average Bonchev–Trinajstić information content (AvgIpc) is 2.37. The van der Waals surface area contributed by atoms with Gasteiger partial charge in [-0.1, -0.05) is 47.6 Å². The molecular formula is C15H19ClO2. The molecule has 1 atom stereocenters. The van der Waals surface area contributed by atoms with Crippen molar-refractivity contribution in [3.63, 3.8) is 0 Å². The van der Waals surface area contributed by atoms with Gasteiger partial charge in [0.05, 0.1) is 0 Å². The summed E-state index contributed by atoms with van der Waals surface area (Å²) in [6, 6.07) is 0. The first kappa shape index (κ1) is 14.8. The van der Waals surface area contributed by atoms with Crippen molar-refractivity contribution in [1.29, 1.82) is 0 Å². The largest absolute Gasteiger partial charge is 0.459 e. The van der Waals surface area contributed by atoms with E-state index in [-0.39, 0.29) is 12.1 Å². The van der Waals surface area contributed by atoms with E-state index in [1.807, 2.05) is 25.2 Å². The van der Waals surface area contributed by atoms with Crippen molar-refractivity contribution in [3.8, 4) is 0 Å². The topological polar surface area (TPSA) is 26.3 Å². The van der Waals surface area contributed by atoms with Gasteiger partial charge in [-0.25, -0.2) is 4.79 Å². The summed E-state index contributed by atoms with van der Waals surface area (Å²) in [5.74, 6) is -0.224. The van der Waals surface area contributed by atoms with Crippen LogP contribution in [-0.2, 0) is 9.53 Å². The summed E-state index contributed by atoms with van der Waals surface area (Å²) in [4.78, 5) is 11.0. The van der Waals surface area contributed by atoms with Gasteiger partial charge >= 0.3 is 5.97 Å². The number of carbonyl (C=O) groups excluding carboxylic acids is 1. The fraction of sp³-hybridized carbons (Fsp3) is 0.400. The molecule has 0 saturated carbocycles. The maximum Gasteiger partial charge on any atom is 0.330 e. The van der Waals surface area contributed by atoms with Crippen LogP contribution in [0.3, 0.4) is 0 Å². The first-order valence-corrected chi connectivity index (χ1v) is 6.60. The first-order chi connectivity index (χ1) is 8.72. The molecule has 0 spiro atoms. The molecule has 0 bridgehead atoms. The predicted octanol–water partition coefficient (Wildman–Crippen LogP) is 4.28. The molecule has 3 heteroatoms. The number of esters is 1. The van der Waals surface area contributed by atoms with Crippen LogP contribution in [0, 0.1) is 0 Å². The highest BCUT2D eigenvalue weighted by Crippen LogP contribution is 2.13. The second-order valence-electron chi connectivity index (χ2n) is 4.29. The highest BCUT2D eigenvalue weighted by molar-refractivity contribution is 6.25. The van der Waals surface area contributed by atoms with Crippen molar-refractivity contribution >= 4 is 17.6 Å². The molecule has 1 rings (SSSR count). The molecule has 0 aromatic rings. The summed E-state index contributed by atoms with van der Waals surface area (Å²) in [6.07, 6.45) is 15.1. The lowest BCUT2D eigenvalue weighted by Crippen LogP contribution is -2.19. The number of allylic oxidation sites excluding steroid dienone is 5. The number of hydrogen-bond acceptors (Lipinski definition) is 2. The van der Waals surface area contributed by atoms with Crippen LogP contribution < -0.4 is 0 Å². The second-order valence-corrected chi connectivity index (χ2v) is 4.51. The second kappa shape index (κ2) is 8.76. The minimum atomic E-state index is -0.224. The standard InChI is InChI=1S/C15H19ClO2/c1-13(12-16)8-5-3-2-4-6-9-14-10-7-11-15(17)18-14/h2-5,7,11-12,14H,6,8-10H2,1H3/t14-/m1/s1. The molecule has 0 amide bonds. The number of carbonyl (C=O) groups is 1. The van der Waals surface area contributed by atoms with E-state index in [0.29, 0.717) is 0 Å². The molecule has 0 saturated heterocycles. The lowest BCUT2D eigenvalue weighted by atomic mass is 10.1. The van der Waals surface area contributed by atoms with Crippen LogP contribution in [0.2, 0.25) is 0 Å². The van der Waals surface area contributed by atoms with E-state index in [2.05, 4.69) is 12.2 Å². The Hall–Kier alpha value is -1.28. The van der Waals surface area contributed by atoms with Crippen LogP contribution in [0.25, 0.3) is 0 Å². The zero-order valence-electron chi connectivity index (χ0n) is 10.6.